The van der Waals surface area contributed by atoms with Crippen molar-refractivity contribution in [3.8, 4) is 22.3 Å². The van der Waals surface area contributed by atoms with Crippen LogP contribution in [0.3, 0.4) is 0 Å². The molecule has 6 heteroatoms. The van der Waals surface area contributed by atoms with Gasteiger partial charge in [0.05, 0.1) is 0 Å². The Hall–Kier alpha value is -2.39. The van der Waals surface area contributed by atoms with Gasteiger partial charge in [-0.25, -0.2) is 4.39 Å². The maximum Gasteiger partial charge on any atom is 0.192 e. The van der Waals surface area contributed by atoms with Crippen LogP contribution in [0.4, 0.5) is 4.39 Å². The third kappa shape index (κ3) is 4.37. The predicted octanol–water partition coefficient (Wildman–Crippen LogP) is 4.89. The van der Waals surface area contributed by atoms with Crippen LogP contribution in [0.5, 0.6) is 5.06 Å². The van der Waals surface area contributed by atoms with Crippen LogP contribution < -0.4 is 10.5 Å². The van der Waals surface area contributed by atoms with E-state index < -0.39 is 0 Å². The number of benzene rings is 2. The molecule has 0 fully saturated rings. The summed E-state index contributed by atoms with van der Waals surface area (Å²) in [5.74, 6) is -0.301. The summed E-state index contributed by atoms with van der Waals surface area (Å²) >= 11 is 1.37. The molecule has 3 aromatic rings. The summed E-state index contributed by atoms with van der Waals surface area (Å²) in [5, 5.41) is 11.9. The van der Waals surface area contributed by atoms with Gasteiger partial charge in [-0.15, -0.1) is 23.7 Å². The highest BCUT2D eigenvalue weighted by Crippen LogP contribution is 2.37. The predicted molar refractivity (Wildman–Crippen MR) is 100 cm³/mol. The smallest absolute Gasteiger partial charge is 0.192 e. The van der Waals surface area contributed by atoms with Gasteiger partial charge in [0.2, 0.25) is 0 Å². The molecule has 3 nitrogen and oxygen atoms in total. The number of nitriles is 1. The minimum Gasteiger partial charge on any atom is -0.478 e. The molecule has 0 aliphatic heterocycles. The molecule has 0 saturated carbocycles. The van der Waals surface area contributed by atoms with Crippen molar-refractivity contribution < 1.29 is 9.13 Å². The van der Waals surface area contributed by atoms with Crippen molar-refractivity contribution in [3.05, 3.63) is 76.4 Å². The number of halogens is 2. The molecular formula is C19H16ClFN2OS. The van der Waals surface area contributed by atoms with Gasteiger partial charge < -0.3 is 10.5 Å². The van der Waals surface area contributed by atoms with Crippen LogP contribution in [0.1, 0.15) is 16.7 Å². The van der Waals surface area contributed by atoms with E-state index in [1.165, 1.54) is 23.5 Å². The van der Waals surface area contributed by atoms with Crippen molar-refractivity contribution in [2.75, 3.05) is 0 Å². The van der Waals surface area contributed by atoms with Crippen molar-refractivity contribution in [1.29, 1.82) is 5.26 Å². The molecule has 25 heavy (non-hydrogen) atoms. The van der Waals surface area contributed by atoms with E-state index in [1.807, 2.05) is 29.6 Å². The van der Waals surface area contributed by atoms with E-state index in [1.54, 1.807) is 12.1 Å². The van der Waals surface area contributed by atoms with Gasteiger partial charge in [0.25, 0.3) is 0 Å². The topological polar surface area (TPSA) is 59.0 Å². The van der Waals surface area contributed by atoms with Gasteiger partial charge in [0.15, 0.2) is 5.06 Å². The third-order valence-corrected chi connectivity index (χ3v) is 4.54. The minimum absolute atomic E-state index is 0. The number of rotatable bonds is 5. The summed E-state index contributed by atoms with van der Waals surface area (Å²) in [6, 6.07) is 16.1. The van der Waals surface area contributed by atoms with E-state index >= 15 is 0 Å². The number of nitrogens with two attached hydrogens (primary N) is 1. The Morgan fingerprint density at radius 3 is 2.28 bits per heavy atom. The van der Waals surface area contributed by atoms with E-state index in [4.69, 9.17) is 10.5 Å². The van der Waals surface area contributed by atoms with Crippen molar-refractivity contribution in [1.82, 2.24) is 0 Å². The quantitative estimate of drug-likeness (QED) is 0.692. The summed E-state index contributed by atoms with van der Waals surface area (Å²) in [5.41, 5.74) is 9.68. The lowest BCUT2D eigenvalue weighted by Gasteiger charge is -2.06. The van der Waals surface area contributed by atoms with Gasteiger partial charge in [-0.3, -0.25) is 0 Å². The number of thiophene rings is 1. The van der Waals surface area contributed by atoms with Gasteiger partial charge in [0, 0.05) is 17.5 Å². The average Bonchev–Trinajstić information content (AvgIpc) is 3.04. The first kappa shape index (κ1) is 18.9. The molecule has 0 amide bonds. The molecule has 0 bridgehead atoms. The summed E-state index contributed by atoms with van der Waals surface area (Å²) < 4.78 is 18.9. The molecule has 0 unspecified atom stereocenters. The molecule has 1 aromatic heterocycles. The van der Waals surface area contributed by atoms with Crippen LogP contribution in [0.15, 0.2) is 53.9 Å². The molecule has 128 valence electrons. The molecule has 0 spiro atoms. The van der Waals surface area contributed by atoms with Crippen molar-refractivity contribution in [2.24, 2.45) is 5.73 Å². The lowest BCUT2D eigenvalue weighted by atomic mass is 10.1. The number of ether oxygens (including phenoxy) is 1. The fourth-order valence-electron chi connectivity index (χ4n) is 2.31. The van der Waals surface area contributed by atoms with Gasteiger partial charge in [-0.2, -0.15) is 5.26 Å². The van der Waals surface area contributed by atoms with Crippen molar-refractivity contribution in [2.45, 2.75) is 13.2 Å². The monoisotopic (exact) mass is 374 g/mol. The van der Waals surface area contributed by atoms with E-state index in [2.05, 4.69) is 6.07 Å². The van der Waals surface area contributed by atoms with Gasteiger partial charge >= 0.3 is 0 Å². The average molecular weight is 375 g/mol. The third-order valence-electron chi connectivity index (χ3n) is 3.65. The van der Waals surface area contributed by atoms with Crippen molar-refractivity contribution >= 4 is 23.7 Å². The van der Waals surface area contributed by atoms with Gasteiger partial charge in [-0.1, -0.05) is 36.4 Å². The minimum atomic E-state index is -0.301. The second kappa shape index (κ2) is 8.63. The number of hydrogen-bond acceptors (Lipinski definition) is 4. The standard InChI is InChI=1S/C19H15FN2OS.ClH/c20-16-7-5-15(6-8-16)18-12-24-19(17(18)10-22)23-11-14-3-1-13(9-21)2-4-14;/h1-8,12H,9,11,21H2;1H. The highest BCUT2D eigenvalue weighted by Gasteiger charge is 2.14. The SMILES string of the molecule is Cl.N#Cc1c(-c2ccc(F)cc2)csc1OCc1ccc(CN)cc1. The fourth-order valence-corrected chi connectivity index (χ4v) is 3.19. The molecule has 0 aliphatic rings. The molecule has 3 rings (SSSR count). The fraction of sp³-hybridized carbons (Fsp3) is 0.105. The van der Waals surface area contributed by atoms with Crippen molar-refractivity contribution in [3.63, 3.8) is 0 Å². The zero-order valence-corrected chi connectivity index (χ0v) is 14.9. The van der Waals surface area contributed by atoms with Gasteiger partial charge in [0.1, 0.15) is 24.1 Å². The van der Waals surface area contributed by atoms with E-state index in [9.17, 15) is 9.65 Å². The van der Waals surface area contributed by atoms with Crippen LogP contribution in [-0.4, -0.2) is 0 Å². The molecule has 0 radical (unpaired) electrons. The maximum atomic E-state index is 13.1. The first-order chi connectivity index (χ1) is 11.7. The summed E-state index contributed by atoms with van der Waals surface area (Å²) in [6.45, 7) is 0.884. The Balaban J connectivity index is 0.00000225. The lowest BCUT2D eigenvalue weighted by Crippen LogP contribution is -1.98. The molecule has 0 aliphatic carbocycles. The maximum absolute atomic E-state index is 13.1. The van der Waals surface area contributed by atoms with Crippen LogP contribution in [0.25, 0.3) is 11.1 Å². The zero-order chi connectivity index (χ0) is 16.9. The molecule has 2 aromatic carbocycles. The Morgan fingerprint density at radius 2 is 1.68 bits per heavy atom. The summed E-state index contributed by atoms with van der Waals surface area (Å²) in [4.78, 5) is 0. The first-order valence-electron chi connectivity index (χ1n) is 7.39. The zero-order valence-electron chi connectivity index (χ0n) is 13.2. The second-order valence-corrected chi connectivity index (χ2v) is 6.08. The Morgan fingerprint density at radius 1 is 1.04 bits per heavy atom. The molecule has 1 heterocycles. The number of nitrogens with zero attached hydrogens (tertiary/aromatic N) is 1. The highest BCUT2D eigenvalue weighted by molar-refractivity contribution is 7.12. The van der Waals surface area contributed by atoms with E-state index in [0.717, 1.165) is 22.3 Å². The number of hydrogen-bond donors (Lipinski definition) is 1. The lowest BCUT2D eigenvalue weighted by molar-refractivity contribution is 0.315. The molecule has 0 atom stereocenters. The van der Waals surface area contributed by atoms with E-state index in [-0.39, 0.29) is 18.2 Å². The van der Waals surface area contributed by atoms with Crippen LogP contribution in [0.2, 0.25) is 0 Å². The summed E-state index contributed by atoms with van der Waals surface area (Å²) in [7, 11) is 0. The summed E-state index contributed by atoms with van der Waals surface area (Å²) in [6.07, 6.45) is 0. The Kier molecular flexibility index (Phi) is 6.54. The van der Waals surface area contributed by atoms with Crippen LogP contribution in [-0.2, 0) is 13.2 Å². The van der Waals surface area contributed by atoms with Crippen LogP contribution in [0, 0.1) is 17.1 Å². The second-order valence-electron chi connectivity index (χ2n) is 5.24. The normalized spacial score (nSPS) is 9.96. The molecule has 2 N–H and O–H groups in total. The highest BCUT2D eigenvalue weighted by atomic mass is 35.5. The van der Waals surface area contributed by atoms with E-state index in [0.29, 0.717) is 23.8 Å². The van der Waals surface area contributed by atoms with Crippen LogP contribution >= 0.6 is 23.7 Å². The Bertz CT molecular complexity index is 870. The molecular weight excluding hydrogens is 359 g/mol. The molecule has 0 saturated heterocycles. The Labute approximate surface area is 155 Å². The van der Waals surface area contributed by atoms with Gasteiger partial charge in [-0.05, 0) is 28.8 Å². The largest absolute Gasteiger partial charge is 0.478 e. The first-order valence-corrected chi connectivity index (χ1v) is 8.27.